The Morgan fingerprint density at radius 2 is 2.00 bits per heavy atom. The topological polar surface area (TPSA) is 45.5 Å². The first-order chi connectivity index (χ1) is 10.1. The first kappa shape index (κ1) is 14.1. The van der Waals surface area contributed by atoms with Gasteiger partial charge in [0.15, 0.2) is 0 Å². The van der Waals surface area contributed by atoms with E-state index in [4.69, 9.17) is 5.11 Å². The molecular formula is C17H22N2O2. The third-order valence-electron chi connectivity index (χ3n) is 4.24. The number of benzene rings is 1. The molecule has 2 aromatic rings. The Bertz CT molecular complexity index is 688. The van der Waals surface area contributed by atoms with E-state index in [-0.39, 0.29) is 6.42 Å². The normalized spacial score (nSPS) is 14.8. The highest BCUT2D eigenvalue weighted by atomic mass is 16.4. The molecule has 0 fully saturated rings. The SMILES string of the molecule is CCCn1cc(CCC(=O)O)c2cc3c(cc21)CN(C)C3. The zero-order chi connectivity index (χ0) is 15.0. The number of aromatic nitrogens is 1. The summed E-state index contributed by atoms with van der Waals surface area (Å²) in [7, 11) is 2.14. The fourth-order valence-corrected chi connectivity index (χ4v) is 3.30. The fourth-order valence-electron chi connectivity index (χ4n) is 3.30. The van der Waals surface area contributed by atoms with Crippen molar-refractivity contribution in [2.75, 3.05) is 7.05 Å². The quantitative estimate of drug-likeness (QED) is 0.919. The Morgan fingerprint density at radius 1 is 1.29 bits per heavy atom. The van der Waals surface area contributed by atoms with Crippen molar-refractivity contribution < 1.29 is 9.90 Å². The van der Waals surface area contributed by atoms with Crippen LogP contribution in [0.5, 0.6) is 0 Å². The molecule has 0 unspecified atom stereocenters. The van der Waals surface area contributed by atoms with Crippen molar-refractivity contribution in [1.29, 1.82) is 0 Å². The van der Waals surface area contributed by atoms with Crippen molar-refractivity contribution in [3.63, 3.8) is 0 Å². The van der Waals surface area contributed by atoms with Crippen LogP contribution in [0, 0.1) is 0 Å². The molecule has 0 saturated carbocycles. The lowest BCUT2D eigenvalue weighted by molar-refractivity contribution is -0.136. The van der Waals surface area contributed by atoms with Crippen molar-refractivity contribution in [3.8, 4) is 0 Å². The third-order valence-corrected chi connectivity index (χ3v) is 4.24. The predicted molar refractivity (Wildman–Crippen MR) is 83.4 cm³/mol. The number of aryl methyl sites for hydroxylation is 2. The zero-order valence-electron chi connectivity index (χ0n) is 12.7. The van der Waals surface area contributed by atoms with Crippen LogP contribution >= 0.6 is 0 Å². The van der Waals surface area contributed by atoms with Gasteiger partial charge in [0.1, 0.15) is 0 Å². The maximum atomic E-state index is 10.9. The Labute approximate surface area is 125 Å². The van der Waals surface area contributed by atoms with Gasteiger partial charge < -0.3 is 9.67 Å². The van der Waals surface area contributed by atoms with Crippen LogP contribution in [-0.4, -0.2) is 27.6 Å². The summed E-state index contributed by atoms with van der Waals surface area (Å²) in [6.45, 7) is 5.15. The standard InChI is InChI=1S/C17H22N2O2/c1-3-6-19-11-12(4-5-17(20)21)15-7-13-9-18(2)10-14(13)8-16(15)19/h7-8,11H,3-6,9-10H2,1-2H3,(H,20,21). The Hall–Kier alpha value is -1.81. The molecule has 4 heteroatoms. The van der Waals surface area contributed by atoms with Crippen LogP contribution in [0.3, 0.4) is 0 Å². The summed E-state index contributed by atoms with van der Waals surface area (Å²) in [5, 5.41) is 10.2. The molecule has 2 heterocycles. The van der Waals surface area contributed by atoms with Gasteiger partial charge in [-0.3, -0.25) is 9.69 Å². The van der Waals surface area contributed by atoms with Crippen LogP contribution in [-0.2, 0) is 30.8 Å². The minimum absolute atomic E-state index is 0.197. The molecule has 0 aliphatic carbocycles. The highest BCUT2D eigenvalue weighted by molar-refractivity contribution is 5.86. The molecule has 1 N–H and O–H groups in total. The van der Waals surface area contributed by atoms with Gasteiger partial charge in [-0.2, -0.15) is 0 Å². The van der Waals surface area contributed by atoms with E-state index in [1.165, 1.54) is 27.6 Å². The van der Waals surface area contributed by atoms with E-state index in [1.807, 2.05) is 0 Å². The van der Waals surface area contributed by atoms with E-state index in [0.29, 0.717) is 6.42 Å². The molecule has 0 amide bonds. The van der Waals surface area contributed by atoms with Gasteiger partial charge in [-0.15, -0.1) is 0 Å². The Balaban J connectivity index is 2.06. The molecule has 1 aliphatic rings. The molecule has 112 valence electrons. The van der Waals surface area contributed by atoms with Gasteiger partial charge in [-0.25, -0.2) is 0 Å². The second kappa shape index (κ2) is 5.53. The number of hydrogen-bond donors (Lipinski definition) is 1. The van der Waals surface area contributed by atoms with Crippen molar-refractivity contribution >= 4 is 16.9 Å². The molecule has 0 bridgehead atoms. The van der Waals surface area contributed by atoms with E-state index in [2.05, 4.69) is 41.8 Å². The van der Waals surface area contributed by atoms with E-state index in [9.17, 15) is 4.79 Å². The predicted octanol–water partition coefficient (Wildman–Crippen LogP) is 3.01. The first-order valence-electron chi connectivity index (χ1n) is 7.62. The van der Waals surface area contributed by atoms with Gasteiger partial charge in [0.2, 0.25) is 0 Å². The van der Waals surface area contributed by atoms with Gasteiger partial charge in [0.25, 0.3) is 0 Å². The summed E-state index contributed by atoms with van der Waals surface area (Å²) in [6.07, 6.45) is 4.04. The largest absolute Gasteiger partial charge is 0.481 e. The van der Waals surface area contributed by atoms with Gasteiger partial charge >= 0.3 is 5.97 Å². The molecule has 0 atom stereocenters. The molecule has 0 saturated heterocycles. The Morgan fingerprint density at radius 3 is 2.67 bits per heavy atom. The fraction of sp³-hybridized carbons (Fsp3) is 0.471. The second-order valence-corrected chi connectivity index (χ2v) is 6.05. The Kier molecular flexibility index (Phi) is 3.72. The average Bonchev–Trinajstić information content (AvgIpc) is 2.94. The van der Waals surface area contributed by atoms with Crippen molar-refractivity contribution in [2.45, 2.75) is 45.8 Å². The monoisotopic (exact) mass is 286 g/mol. The maximum absolute atomic E-state index is 10.9. The smallest absolute Gasteiger partial charge is 0.303 e. The highest BCUT2D eigenvalue weighted by Crippen LogP contribution is 2.31. The van der Waals surface area contributed by atoms with Gasteiger partial charge in [-0.1, -0.05) is 6.92 Å². The molecule has 4 nitrogen and oxygen atoms in total. The molecule has 1 aromatic carbocycles. The molecule has 1 aromatic heterocycles. The molecule has 0 spiro atoms. The molecule has 1 aliphatic heterocycles. The van der Waals surface area contributed by atoms with E-state index < -0.39 is 5.97 Å². The average molecular weight is 286 g/mol. The van der Waals surface area contributed by atoms with Crippen LogP contribution in [0.1, 0.15) is 36.5 Å². The first-order valence-corrected chi connectivity index (χ1v) is 7.62. The van der Waals surface area contributed by atoms with Crippen LogP contribution in [0.15, 0.2) is 18.3 Å². The van der Waals surface area contributed by atoms with Crippen LogP contribution in [0.2, 0.25) is 0 Å². The van der Waals surface area contributed by atoms with Gasteiger partial charge in [0.05, 0.1) is 0 Å². The third kappa shape index (κ3) is 2.68. The van der Waals surface area contributed by atoms with Crippen molar-refractivity contribution in [2.24, 2.45) is 0 Å². The van der Waals surface area contributed by atoms with E-state index in [1.54, 1.807) is 0 Å². The van der Waals surface area contributed by atoms with Gasteiger partial charge in [0, 0.05) is 43.2 Å². The molecular weight excluding hydrogens is 264 g/mol. The number of carbonyl (C=O) groups is 1. The maximum Gasteiger partial charge on any atom is 0.303 e. The number of rotatable bonds is 5. The second-order valence-electron chi connectivity index (χ2n) is 6.05. The number of carboxylic acids is 1. The number of hydrogen-bond acceptors (Lipinski definition) is 2. The van der Waals surface area contributed by atoms with E-state index >= 15 is 0 Å². The number of aliphatic carboxylic acids is 1. The van der Waals surface area contributed by atoms with Crippen molar-refractivity contribution in [1.82, 2.24) is 9.47 Å². The minimum Gasteiger partial charge on any atom is -0.481 e. The summed E-state index contributed by atoms with van der Waals surface area (Å²) >= 11 is 0. The van der Waals surface area contributed by atoms with Crippen LogP contribution < -0.4 is 0 Å². The number of carboxylic acid groups (broad SMARTS) is 1. The summed E-state index contributed by atoms with van der Waals surface area (Å²) in [5.74, 6) is -0.729. The molecule has 3 rings (SSSR count). The lowest BCUT2D eigenvalue weighted by atomic mass is 10.0. The lowest BCUT2D eigenvalue weighted by Gasteiger charge is -2.05. The van der Waals surface area contributed by atoms with Crippen LogP contribution in [0.25, 0.3) is 10.9 Å². The van der Waals surface area contributed by atoms with Crippen LogP contribution in [0.4, 0.5) is 0 Å². The van der Waals surface area contributed by atoms with E-state index in [0.717, 1.165) is 26.1 Å². The molecule has 21 heavy (non-hydrogen) atoms. The summed E-state index contributed by atoms with van der Waals surface area (Å²) in [5.41, 5.74) is 5.21. The number of nitrogens with zero attached hydrogens (tertiary/aromatic N) is 2. The lowest BCUT2D eigenvalue weighted by Crippen LogP contribution is -2.07. The minimum atomic E-state index is -0.729. The number of fused-ring (bicyclic) bond motifs is 2. The summed E-state index contributed by atoms with van der Waals surface area (Å²) < 4.78 is 2.28. The molecule has 0 radical (unpaired) electrons. The summed E-state index contributed by atoms with van der Waals surface area (Å²) in [6, 6.07) is 4.58. The van der Waals surface area contributed by atoms with Crippen molar-refractivity contribution in [3.05, 3.63) is 35.0 Å². The zero-order valence-corrected chi connectivity index (χ0v) is 12.7. The highest BCUT2D eigenvalue weighted by Gasteiger charge is 2.19. The van der Waals surface area contributed by atoms with Gasteiger partial charge in [-0.05, 0) is 48.7 Å². The summed E-state index contributed by atoms with van der Waals surface area (Å²) in [4.78, 5) is 13.2.